The summed E-state index contributed by atoms with van der Waals surface area (Å²) in [5, 5.41) is 0. The van der Waals surface area contributed by atoms with E-state index in [0.717, 1.165) is 5.56 Å². The highest BCUT2D eigenvalue weighted by molar-refractivity contribution is 6.20. The first kappa shape index (κ1) is 13.3. The van der Waals surface area contributed by atoms with Crippen LogP contribution >= 0.6 is 0 Å². The van der Waals surface area contributed by atoms with Crippen molar-refractivity contribution in [2.75, 3.05) is 4.90 Å². The van der Waals surface area contributed by atoms with E-state index in [1.54, 1.807) is 19.1 Å². The maximum atomic E-state index is 11.9. The molecule has 2 N–H and O–H groups in total. The fourth-order valence-corrected chi connectivity index (χ4v) is 2.13. The number of carbonyl (C=O) groups is 3. The van der Waals surface area contributed by atoms with Gasteiger partial charge in [-0.05, 0) is 24.1 Å². The van der Waals surface area contributed by atoms with Crippen LogP contribution in [0.3, 0.4) is 0 Å². The first-order valence-corrected chi connectivity index (χ1v) is 6.23. The summed E-state index contributed by atoms with van der Waals surface area (Å²) in [6, 6.07) is 7.07. The molecule has 3 amide bonds. The van der Waals surface area contributed by atoms with E-state index in [2.05, 4.69) is 0 Å². The standard InChI is InChI=1S/C14H16N2O3/c1-9-8-13(18)16(14(9)19)11-5-2-10(3-6-11)4-7-12(15)17/h2-3,5-6,9H,4,7-8H2,1H3,(H2,15,17). The number of nitrogens with two attached hydrogens (primary N) is 1. The Morgan fingerprint density at radius 2 is 1.95 bits per heavy atom. The molecule has 2 rings (SSSR count). The van der Waals surface area contributed by atoms with Crippen molar-refractivity contribution in [3.63, 3.8) is 0 Å². The monoisotopic (exact) mass is 260 g/mol. The van der Waals surface area contributed by atoms with Crippen LogP contribution in [0.1, 0.15) is 25.3 Å². The average molecular weight is 260 g/mol. The molecule has 1 aromatic rings. The number of aryl methyl sites for hydroxylation is 1. The predicted molar refractivity (Wildman–Crippen MR) is 70.2 cm³/mol. The van der Waals surface area contributed by atoms with E-state index in [1.807, 2.05) is 12.1 Å². The lowest BCUT2D eigenvalue weighted by Crippen LogP contribution is -2.29. The van der Waals surface area contributed by atoms with Gasteiger partial charge in [-0.2, -0.15) is 0 Å². The lowest BCUT2D eigenvalue weighted by molar-refractivity contribution is -0.122. The Kier molecular flexibility index (Phi) is 3.64. The zero-order valence-electron chi connectivity index (χ0n) is 10.8. The number of imide groups is 1. The minimum absolute atomic E-state index is 0.158. The zero-order chi connectivity index (χ0) is 14.0. The third kappa shape index (κ3) is 2.81. The summed E-state index contributed by atoms with van der Waals surface area (Å²) in [5.74, 6) is -0.915. The minimum Gasteiger partial charge on any atom is -0.370 e. The van der Waals surface area contributed by atoms with Crippen LogP contribution in [0.2, 0.25) is 0 Å². The van der Waals surface area contributed by atoms with Crippen molar-refractivity contribution in [1.82, 2.24) is 0 Å². The van der Waals surface area contributed by atoms with Gasteiger partial charge in [0.15, 0.2) is 0 Å². The molecule has 0 radical (unpaired) electrons. The molecule has 0 aromatic heterocycles. The molecule has 5 nitrogen and oxygen atoms in total. The number of primary amides is 1. The first-order chi connectivity index (χ1) is 8.99. The molecule has 1 aliphatic heterocycles. The van der Waals surface area contributed by atoms with Gasteiger partial charge in [0.1, 0.15) is 0 Å². The number of benzene rings is 1. The summed E-state index contributed by atoms with van der Waals surface area (Å²) in [5.41, 5.74) is 6.62. The van der Waals surface area contributed by atoms with E-state index >= 15 is 0 Å². The molecule has 0 bridgehead atoms. The Balaban J connectivity index is 2.12. The van der Waals surface area contributed by atoms with Crippen molar-refractivity contribution in [1.29, 1.82) is 0 Å². The number of anilines is 1. The van der Waals surface area contributed by atoms with Crippen molar-refractivity contribution >= 4 is 23.4 Å². The summed E-state index contributed by atoms with van der Waals surface area (Å²) in [7, 11) is 0. The topological polar surface area (TPSA) is 80.5 Å². The molecule has 1 atom stereocenters. The van der Waals surface area contributed by atoms with Gasteiger partial charge in [-0.3, -0.25) is 19.3 Å². The number of nitrogens with zero attached hydrogens (tertiary/aromatic N) is 1. The zero-order valence-corrected chi connectivity index (χ0v) is 10.8. The van der Waals surface area contributed by atoms with Crippen LogP contribution in [-0.4, -0.2) is 17.7 Å². The molecule has 0 aliphatic carbocycles. The Morgan fingerprint density at radius 3 is 2.42 bits per heavy atom. The molecular formula is C14H16N2O3. The fraction of sp³-hybridized carbons (Fsp3) is 0.357. The maximum Gasteiger partial charge on any atom is 0.237 e. The van der Waals surface area contributed by atoms with Crippen LogP contribution < -0.4 is 10.6 Å². The predicted octanol–water partition coefficient (Wildman–Crippen LogP) is 1.00. The van der Waals surface area contributed by atoms with Crippen LogP contribution in [0.25, 0.3) is 0 Å². The summed E-state index contributed by atoms with van der Waals surface area (Å²) in [6.07, 6.45) is 1.12. The van der Waals surface area contributed by atoms with E-state index in [9.17, 15) is 14.4 Å². The van der Waals surface area contributed by atoms with Crippen molar-refractivity contribution in [2.24, 2.45) is 11.7 Å². The molecule has 0 saturated carbocycles. The van der Waals surface area contributed by atoms with Gasteiger partial charge in [0.05, 0.1) is 5.69 Å². The molecule has 1 heterocycles. The smallest absolute Gasteiger partial charge is 0.237 e. The quantitative estimate of drug-likeness (QED) is 0.820. The Hall–Kier alpha value is -2.17. The van der Waals surface area contributed by atoms with Crippen LogP contribution in [0.4, 0.5) is 5.69 Å². The first-order valence-electron chi connectivity index (χ1n) is 6.23. The summed E-state index contributed by atoms with van der Waals surface area (Å²) >= 11 is 0. The van der Waals surface area contributed by atoms with Crippen molar-refractivity contribution in [3.8, 4) is 0 Å². The van der Waals surface area contributed by atoms with E-state index in [0.29, 0.717) is 12.1 Å². The molecule has 0 spiro atoms. The summed E-state index contributed by atoms with van der Waals surface area (Å²) in [4.78, 5) is 35.5. The molecule has 1 saturated heterocycles. The lowest BCUT2D eigenvalue weighted by atomic mass is 10.1. The second kappa shape index (κ2) is 5.22. The molecule has 100 valence electrons. The molecule has 1 unspecified atom stereocenters. The Bertz CT molecular complexity index is 522. The molecular weight excluding hydrogens is 244 g/mol. The SMILES string of the molecule is CC1CC(=O)N(c2ccc(CCC(N)=O)cc2)C1=O. The highest BCUT2D eigenvalue weighted by Gasteiger charge is 2.36. The fourth-order valence-electron chi connectivity index (χ4n) is 2.13. The van der Waals surface area contributed by atoms with Gasteiger partial charge < -0.3 is 5.73 Å². The highest BCUT2D eigenvalue weighted by Crippen LogP contribution is 2.26. The number of hydrogen-bond donors (Lipinski definition) is 1. The Labute approximate surface area is 111 Å². The molecule has 5 heteroatoms. The normalized spacial score (nSPS) is 19.0. The third-order valence-electron chi connectivity index (χ3n) is 3.23. The highest BCUT2D eigenvalue weighted by atomic mass is 16.2. The minimum atomic E-state index is -0.345. The van der Waals surface area contributed by atoms with E-state index < -0.39 is 0 Å². The van der Waals surface area contributed by atoms with Gasteiger partial charge in [-0.15, -0.1) is 0 Å². The van der Waals surface area contributed by atoms with Gasteiger partial charge in [-0.25, -0.2) is 0 Å². The average Bonchev–Trinajstić information content (AvgIpc) is 2.62. The number of amides is 3. The Morgan fingerprint density at radius 1 is 1.32 bits per heavy atom. The number of hydrogen-bond acceptors (Lipinski definition) is 3. The lowest BCUT2D eigenvalue weighted by Gasteiger charge is -2.14. The van der Waals surface area contributed by atoms with Gasteiger partial charge in [0, 0.05) is 18.8 Å². The van der Waals surface area contributed by atoms with Crippen molar-refractivity contribution in [3.05, 3.63) is 29.8 Å². The number of rotatable bonds is 4. The maximum absolute atomic E-state index is 11.9. The summed E-state index contributed by atoms with van der Waals surface area (Å²) < 4.78 is 0. The van der Waals surface area contributed by atoms with Gasteiger partial charge >= 0.3 is 0 Å². The molecule has 1 aliphatic rings. The second-order valence-corrected chi connectivity index (χ2v) is 4.81. The molecule has 1 fully saturated rings. The second-order valence-electron chi connectivity index (χ2n) is 4.81. The van der Waals surface area contributed by atoms with Crippen molar-refractivity contribution < 1.29 is 14.4 Å². The van der Waals surface area contributed by atoms with E-state index in [-0.39, 0.29) is 36.5 Å². The van der Waals surface area contributed by atoms with Crippen LogP contribution in [0, 0.1) is 5.92 Å². The molecule has 1 aromatic carbocycles. The largest absolute Gasteiger partial charge is 0.370 e. The van der Waals surface area contributed by atoms with Gasteiger partial charge in [0.25, 0.3) is 0 Å². The third-order valence-corrected chi connectivity index (χ3v) is 3.23. The van der Waals surface area contributed by atoms with Crippen molar-refractivity contribution in [2.45, 2.75) is 26.2 Å². The van der Waals surface area contributed by atoms with Gasteiger partial charge in [-0.1, -0.05) is 19.1 Å². The van der Waals surface area contributed by atoms with E-state index in [4.69, 9.17) is 5.73 Å². The van der Waals surface area contributed by atoms with Crippen LogP contribution in [0.5, 0.6) is 0 Å². The summed E-state index contributed by atoms with van der Waals surface area (Å²) in [6.45, 7) is 1.75. The van der Waals surface area contributed by atoms with E-state index in [1.165, 1.54) is 4.90 Å². The molecule has 19 heavy (non-hydrogen) atoms. The van der Waals surface area contributed by atoms with Crippen LogP contribution in [0.15, 0.2) is 24.3 Å². The van der Waals surface area contributed by atoms with Crippen LogP contribution in [-0.2, 0) is 20.8 Å². The number of carbonyl (C=O) groups excluding carboxylic acids is 3. The van der Waals surface area contributed by atoms with Gasteiger partial charge in [0.2, 0.25) is 17.7 Å².